The van der Waals surface area contributed by atoms with Gasteiger partial charge in [-0.3, -0.25) is 0 Å². The molecule has 7 heteroatoms. The molecule has 0 radical (unpaired) electrons. The van der Waals surface area contributed by atoms with Gasteiger partial charge in [0, 0.05) is 17.6 Å². The Morgan fingerprint density at radius 3 is 2.12 bits per heavy atom. The Bertz CT molecular complexity index is 731. The smallest absolute Gasteiger partial charge is 0.336 e. The highest BCUT2D eigenvalue weighted by atomic mass is 32.2. The Balaban J connectivity index is 2.69. The van der Waals surface area contributed by atoms with Crippen LogP contribution in [0.3, 0.4) is 0 Å². The van der Waals surface area contributed by atoms with Crippen LogP contribution in [0.4, 0.5) is 0 Å². The van der Waals surface area contributed by atoms with Crippen LogP contribution in [0.1, 0.15) is 39.2 Å². The monoisotopic (exact) mass is 376 g/mol. The number of nitrogens with zero attached hydrogens (tertiary/aromatic N) is 1. The van der Waals surface area contributed by atoms with Gasteiger partial charge in [0.15, 0.2) is 0 Å². The summed E-state index contributed by atoms with van der Waals surface area (Å²) < 4.78 is 10.5. The number of nitrogens with one attached hydrogen (secondary N) is 1. The quantitative estimate of drug-likeness (QED) is 0.603. The number of allylic oxidation sites excluding steroid dienone is 2. The third-order valence-corrected chi connectivity index (χ3v) is 4.78. The third-order valence-electron chi connectivity index (χ3n) is 4.06. The van der Waals surface area contributed by atoms with Crippen molar-refractivity contribution in [1.82, 2.24) is 10.3 Å². The summed E-state index contributed by atoms with van der Waals surface area (Å²) in [6, 6.07) is 3.68. The highest BCUT2D eigenvalue weighted by Gasteiger charge is 2.39. The summed E-state index contributed by atoms with van der Waals surface area (Å²) in [7, 11) is 0. The molecule has 0 aromatic carbocycles. The average Bonchev–Trinajstić information content (AvgIpc) is 2.61. The number of dihydropyridines is 1. The molecule has 0 fully saturated rings. The molecule has 0 spiro atoms. The fourth-order valence-corrected chi connectivity index (χ4v) is 3.65. The first-order valence-corrected chi connectivity index (χ1v) is 9.70. The number of thioether (sulfide) groups is 1. The van der Waals surface area contributed by atoms with Crippen LogP contribution in [0.2, 0.25) is 0 Å². The minimum Gasteiger partial charge on any atom is -0.463 e. The maximum absolute atomic E-state index is 12.7. The van der Waals surface area contributed by atoms with E-state index < -0.39 is 17.9 Å². The van der Waals surface area contributed by atoms with Crippen molar-refractivity contribution < 1.29 is 19.1 Å². The molecule has 1 N–H and O–H groups in total. The van der Waals surface area contributed by atoms with Crippen molar-refractivity contribution >= 4 is 23.7 Å². The van der Waals surface area contributed by atoms with E-state index in [9.17, 15) is 9.59 Å². The minimum absolute atomic E-state index is 0.252. The van der Waals surface area contributed by atoms with E-state index in [-0.39, 0.29) is 13.2 Å². The zero-order valence-electron chi connectivity index (χ0n) is 15.7. The standard InChI is InChI=1S/C19H24N2O4S/c1-6-24-18(22)14-11(3)21-12(4)15(19(23)25-7-2)16(14)13-9-8-10-20-17(13)26-5/h8-10,16,21H,6-7H2,1-5H3. The predicted molar refractivity (Wildman–Crippen MR) is 101 cm³/mol. The second-order valence-electron chi connectivity index (χ2n) is 5.68. The molecular weight excluding hydrogens is 352 g/mol. The number of ether oxygens (including phenoxy) is 2. The van der Waals surface area contributed by atoms with Crippen molar-refractivity contribution in [2.24, 2.45) is 0 Å². The molecule has 1 aromatic rings. The van der Waals surface area contributed by atoms with Crippen LogP contribution in [0.15, 0.2) is 45.9 Å². The van der Waals surface area contributed by atoms with E-state index in [4.69, 9.17) is 9.47 Å². The summed E-state index contributed by atoms with van der Waals surface area (Å²) in [4.78, 5) is 29.8. The van der Waals surface area contributed by atoms with Crippen molar-refractivity contribution in [2.45, 2.75) is 38.6 Å². The largest absolute Gasteiger partial charge is 0.463 e. The molecule has 6 nitrogen and oxygen atoms in total. The zero-order valence-corrected chi connectivity index (χ0v) is 16.5. The zero-order chi connectivity index (χ0) is 19.3. The van der Waals surface area contributed by atoms with Gasteiger partial charge >= 0.3 is 11.9 Å². The molecule has 0 atom stereocenters. The average molecular weight is 376 g/mol. The number of carbonyl (C=O) groups excluding carboxylic acids is 2. The van der Waals surface area contributed by atoms with Gasteiger partial charge in [-0.15, -0.1) is 11.8 Å². The molecule has 0 saturated carbocycles. The van der Waals surface area contributed by atoms with Gasteiger partial charge in [0.25, 0.3) is 0 Å². The van der Waals surface area contributed by atoms with Crippen LogP contribution >= 0.6 is 11.8 Å². The first-order valence-electron chi connectivity index (χ1n) is 8.47. The minimum atomic E-state index is -0.592. The number of esters is 2. The van der Waals surface area contributed by atoms with E-state index >= 15 is 0 Å². The van der Waals surface area contributed by atoms with Gasteiger partial charge < -0.3 is 14.8 Å². The molecule has 140 valence electrons. The van der Waals surface area contributed by atoms with Crippen LogP contribution in [0.5, 0.6) is 0 Å². The first-order chi connectivity index (χ1) is 12.5. The van der Waals surface area contributed by atoms with Gasteiger partial charge in [-0.1, -0.05) is 6.07 Å². The second-order valence-corrected chi connectivity index (χ2v) is 6.47. The van der Waals surface area contributed by atoms with Gasteiger partial charge in [-0.25, -0.2) is 14.6 Å². The highest BCUT2D eigenvalue weighted by molar-refractivity contribution is 7.98. The van der Waals surface area contributed by atoms with E-state index in [1.54, 1.807) is 40.0 Å². The SMILES string of the molecule is CCOC(=O)C1=C(C)NC(C)=C(C(=O)OCC)C1c1cccnc1SC. The highest BCUT2D eigenvalue weighted by Crippen LogP contribution is 2.41. The van der Waals surface area contributed by atoms with E-state index in [0.717, 1.165) is 10.6 Å². The lowest BCUT2D eigenvalue weighted by Crippen LogP contribution is -2.32. The third kappa shape index (κ3) is 3.93. The molecule has 0 saturated heterocycles. The molecule has 2 rings (SSSR count). The van der Waals surface area contributed by atoms with E-state index in [2.05, 4.69) is 10.3 Å². The molecule has 26 heavy (non-hydrogen) atoms. The molecule has 2 heterocycles. The number of hydrogen-bond acceptors (Lipinski definition) is 7. The summed E-state index contributed by atoms with van der Waals surface area (Å²) in [6.45, 7) is 7.62. The lowest BCUT2D eigenvalue weighted by atomic mass is 9.81. The number of rotatable bonds is 6. The normalized spacial score (nSPS) is 15.0. The fourth-order valence-electron chi connectivity index (χ4n) is 3.06. The van der Waals surface area contributed by atoms with Crippen LogP contribution in [0, 0.1) is 0 Å². The summed E-state index contributed by atoms with van der Waals surface area (Å²) in [5, 5.41) is 3.88. The fraction of sp³-hybridized carbons (Fsp3) is 0.421. The first kappa shape index (κ1) is 20.0. The molecule has 0 bridgehead atoms. The van der Waals surface area contributed by atoms with Crippen molar-refractivity contribution in [1.29, 1.82) is 0 Å². The van der Waals surface area contributed by atoms with Gasteiger partial charge in [-0.2, -0.15) is 0 Å². The van der Waals surface area contributed by atoms with Crippen LogP contribution in [0.25, 0.3) is 0 Å². The van der Waals surface area contributed by atoms with E-state index in [1.807, 2.05) is 12.3 Å². The van der Waals surface area contributed by atoms with Crippen LogP contribution < -0.4 is 5.32 Å². The Kier molecular flexibility index (Phi) is 6.85. The predicted octanol–water partition coefficient (Wildman–Crippen LogP) is 3.16. The summed E-state index contributed by atoms with van der Waals surface area (Å²) in [5.41, 5.74) is 2.92. The molecule has 1 aromatic heterocycles. The van der Waals surface area contributed by atoms with Gasteiger partial charge in [0.2, 0.25) is 0 Å². The van der Waals surface area contributed by atoms with Gasteiger partial charge in [0.05, 0.1) is 35.3 Å². The number of carbonyl (C=O) groups is 2. The summed E-state index contributed by atoms with van der Waals surface area (Å²) in [6.07, 6.45) is 3.60. The molecule has 1 aliphatic rings. The molecular formula is C19H24N2O4S. The lowest BCUT2D eigenvalue weighted by molar-refractivity contribution is -0.139. The lowest BCUT2D eigenvalue weighted by Gasteiger charge is -2.31. The van der Waals surface area contributed by atoms with Crippen LogP contribution in [-0.2, 0) is 19.1 Å². The maximum atomic E-state index is 12.7. The van der Waals surface area contributed by atoms with Crippen molar-refractivity contribution in [3.8, 4) is 0 Å². The Morgan fingerprint density at radius 2 is 1.65 bits per heavy atom. The number of hydrogen-bond donors (Lipinski definition) is 1. The molecule has 0 amide bonds. The Morgan fingerprint density at radius 1 is 1.12 bits per heavy atom. The van der Waals surface area contributed by atoms with Crippen LogP contribution in [-0.4, -0.2) is 36.4 Å². The van der Waals surface area contributed by atoms with Crippen molar-refractivity contribution in [2.75, 3.05) is 19.5 Å². The topological polar surface area (TPSA) is 77.5 Å². The maximum Gasteiger partial charge on any atom is 0.336 e. The van der Waals surface area contributed by atoms with E-state index in [0.29, 0.717) is 22.5 Å². The summed E-state index contributed by atoms with van der Waals surface area (Å²) in [5.74, 6) is -1.49. The number of aromatic nitrogens is 1. The van der Waals surface area contributed by atoms with Crippen molar-refractivity contribution in [3.05, 3.63) is 46.4 Å². The van der Waals surface area contributed by atoms with Gasteiger partial charge in [0.1, 0.15) is 0 Å². The Hall–Kier alpha value is -2.28. The van der Waals surface area contributed by atoms with Gasteiger partial charge in [-0.05, 0) is 45.6 Å². The molecule has 1 aliphatic heterocycles. The number of pyridine rings is 1. The molecule has 0 aliphatic carbocycles. The van der Waals surface area contributed by atoms with Crippen molar-refractivity contribution in [3.63, 3.8) is 0 Å². The second kappa shape index (κ2) is 8.89. The summed E-state index contributed by atoms with van der Waals surface area (Å²) >= 11 is 1.46. The molecule has 0 unspecified atom stereocenters. The Labute approximate surface area is 158 Å². The van der Waals surface area contributed by atoms with E-state index in [1.165, 1.54) is 11.8 Å².